The molecule has 104 valence electrons. The highest BCUT2D eigenvalue weighted by molar-refractivity contribution is 5.33. The topological polar surface area (TPSA) is 12.0 Å². The van der Waals surface area contributed by atoms with E-state index in [0.717, 1.165) is 5.92 Å². The van der Waals surface area contributed by atoms with Gasteiger partial charge in [0, 0.05) is 11.5 Å². The summed E-state index contributed by atoms with van der Waals surface area (Å²) >= 11 is 0. The third-order valence-electron chi connectivity index (χ3n) is 5.01. The molecule has 0 aliphatic heterocycles. The second-order valence-electron chi connectivity index (χ2n) is 6.55. The lowest BCUT2D eigenvalue weighted by Gasteiger charge is -2.29. The first-order valence-corrected chi connectivity index (χ1v) is 8.14. The van der Waals surface area contributed by atoms with Crippen LogP contribution in [0.5, 0.6) is 0 Å². The minimum Gasteiger partial charge on any atom is -0.313 e. The van der Waals surface area contributed by atoms with E-state index >= 15 is 0 Å². The van der Waals surface area contributed by atoms with Gasteiger partial charge in [0.05, 0.1) is 0 Å². The van der Waals surface area contributed by atoms with Crippen molar-refractivity contribution >= 4 is 0 Å². The SMILES string of the molecule is CCCNC(CCC1CC1)C1(c2ccccc2)CC1. The van der Waals surface area contributed by atoms with Crippen LogP contribution in [0.4, 0.5) is 0 Å². The lowest BCUT2D eigenvalue weighted by molar-refractivity contribution is 0.376. The van der Waals surface area contributed by atoms with Gasteiger partial charge in [0.1, 0.15) is 0 Å². The molecule has 0 aromatic heterocycles. The van der Waals surface area contributed by atoms with E-state index < -0.39 is 0 Å². The normalized spacial score (nSPS) is 22.2. The number of nitrogens with one attached hydrogen (secondary N) is 1. The summed E-state index contributed by atoms with van der Waals surface area (Å²) in [6, 6.07) is 11.9. The Hall–Kier alpha value is -0.820. The van der Waals surface area contributed by atoms with Gasteiger partial charge >= 0.3 is 0 Å². The average molecular weight is 257 g/mol. The second-order valence-corrected chi connectivity index (χ2v) is 6.55. The maximum absolute atomic E-state index is 3.85. The minimum atomic E-state index is 0.464. The van der Waals surface area contributed by atoms with Gasteiger partial charge in [0.2, 0.25) is 0 Å². The van der Waals surface area contributed by atoms with Crippen molar-refractivity contribution in [1.82, 2.24) is 5.32 Å². The van der Waals surface area contributed by atoms with Gasteiger partial charge in [-0.2, -0.15) is 0 Å². The van der Waals surface area contributed by atoms with Crippen LogP contribution >= 0.6 is 0 Å². The molecule has 19 heavy (non-hydrogen) atoms. The Kier molecular flexibility index (Phi) is 3.93. The van der Waals surface area contributed by atoms with Gasteiger partial charge < -0.3 is 5.32 Å². The van der Waals surface area contributed by atoms with Crippen molar-refractivity contribution in [3.63, 3.8) is 0 Å². The zero-order valence-electron chi connectivity index (χ0n) is 12.2. The molecule has 0 bridgehead atoms. The number of rotatable bonds is 8. The van der Waals surface area contributed by atoms with Crippen LogP contribution in [-0.2, 0) is 5.41 Å². The van der Waals surface area contributed by atoms with E-state index in [-0.39, 0.29) is 0 Å². The number of hydrogen-bond acceptors (Lipinski definition) is 1. The zero-order chi connectivity index (χ0) is 13.1. The van der Waals surface area contributed by atoms with Crippen LogP contribution in [0, 0.1) is 5.92 Å². The van der Waals surface area contributed by atoms with Crippen molar-refractivity contribution < 1.29 is 0 Å². The van der Waals surface area contributed by atoms with Crippen LogP contribution in [0.25, 0.3) is 0 Å². The van der Waals surface area contributed by atoms with Crippen molar-refractivity contribution in [2.45, 2.75) is 63.3 Å². The standard InChI is InChI=1S/C18H27N/c1-2-14-19-17(11-10-15-8-9-15)18(12-13-18)16-6-4-3-5-7-16/h3-7,15,17,19H,2,8-14H2,1H3. The van der Waals surface area contributed by atoms with Gasteiger partial charge in [-0.1, -0.05) is 50.1 Å². The van der Waals surface area contributed by atoms with E-state index in [1.54, 1.807) is 5.56 Å². The summed E-state index contributed by atoms with van der Waals surface area (Å²) in [5, 5.41) is 3.85. The van der Waals surface area contributed by atoms with Crippen LogP contribution in [0.3, 0.4) is 0 Å². The van der Waals surface area contributed by atoms with E-state index in [1.807, 2.05) is 0 Å². The van der Waals surface area contributed by atoms with Gasteiger partial charge in [0.25, 0.3) is 0 Å². The lowest BCUT2D eigenvalue weighted by Crippen LogP contribution is -2.40. The van der Waals surface area contributed by atoms with Crippen LogP contribution in [-0.4, -0.2) is 12.6 Å². The monoisotopic (exact) mass is 257 g/mol. The Morgan fingerprint density at radius 2 is 1.95 bits per heavy atom. The third kappa shape index (κ3) is 3.02. The molecule has 1 aromatic carbocycles. The number of hydrogen-bond donors (Lipinski definition) is 1. The van der Waals surface area contributed by atoms with Crippen molar-refractivity contribution in [1.29, 1.82) is 0 Å². The second kappa shape index (κ2) is 5.66. The molecular weight excluding hydrogens is 230 g/mol. The highest BCUT2D eigenvalue weighted by Gasteiger charge is 2.50. The molecule has 0 radical (unpaired) electrons. The summed E-state index contributed by atoms with van der Waals surface area (Å²) in [5.74, 6) is 1.05. The molecule has 1 N–H and O–H groups in total. The average Bonchev–Trinajstić information content (AvgIpc) is 3.34. The van der Waals surface area contributed by atoms with Gasteiger partial charge in [0.15, 0.2) is 0 Å². The zero-order valence-corrected chi connectivity index (χ0v) is 12.2. The fourth-order valence-corrected chi connectivity index (χ4v) is 3.44. The molecule has 0 amide bonds. The molecule has 1 nitrogen and oxygen atoms in total. The minimum absolute atomic E-state index is 0.464. The van der Waals surface area contributed by atoms with Crippen LogP contribution in [0.2, 0.25) is 0 Å². The molecule has 2 aliphatic carbocycles. The van der Waals surface area contributed by atoms with Crippen LogP contribution in [0.15, 0.2) is 30.3 Å². The maximum atomic E-state index is 3.85. The Labute approximate surface area is 117 Å². The summed E-state index contributed by atoms with van der Waals surface area (Å²) in [6.07, 6.45) is 9.78. The van der Waals surface area contributed by atoms with Crippen molar-refractivity contribution in [3.05, 3.63) is 35.9 Å². The van der Waals surface area contributed by atoms with Gasteiger partial charge in [-0.15, -0.1) is 0 Å². The summed E-state index contributed by atoms with van der Waals surface area (Å²) in [5.41, 5.74) is 2.03. The Balaban J connectivity index is 1.69. The molecule has 1 heteroatoms. The molecule has 2 saturated carbocycles. The van der Waals surface area contributed by atoms with E-state index in [2.05, 4.69) is 42.6 Å². The summed E-state index contributed by atoms with van der Waals surface area (Å²) in [4.78, 5) is 0. The highest BCUT2D eigenvalue weighted by Crippen LogP contribution is 2.52. The molecule has 2 aliphatic rings. The maximum Gasteiger partial charge on any atom is 0.0164 e. The van der Waals surface area contributed by atoms with Gasteiger partial charge in [-0.3, -0.25) is 0 Å². The van der Waals surface area contributed by atoms with E-state index in [0.29, 0.717) is 11.5 Å². The summed E-state index contributed by atoms with van der Waals surface area (Å²) in [6.45, 7) is 3.44. The first-order chi connectivity index (χ1) is 9.35. The third-order valence-corrected chi connectivity index (χ3v) is 5.01. The Bertz CT molecular complexity index is 389. The molecule has 1 unspecified atom stereocenters. The Morgan fingerprint density at radius 1 is 1.21 bits per heavy atom. The first kappa shape index (κ1) is 13.2. The predicted octanol–water partition coefficient (Wildman–Crippen LogP) is 4.28. The van der Waals surface area contributed by atoms with Gasteiger partial charge in [-0.05, 0) is 50.1 Å². The summed E-state index contributed by atoms with van der Waals surface area (Å²) in [7, 11) is 0. The lowest BCUT2D eigenvalue weighted by atomic mass is 9.85. The molecule has 0 heterocycles. The summed E-state index contributed by atoms with van der Waals surface area (Å²) < 4.78 is 0. The van der Waals surface area contributed by atoms with E-state index in [9.17, 15) is 0 Å². The molecule has 0 saturated heterocycles. The van der Waals surface area contributed by atoms with E-state index in [1.165, 1.54) is 51.5 Å². The van der Waals surface area contributed by atoms with Crippen molar-refractivity contribution in [3.8, 4) is 0 Å². The van der Waals surface area contributed by atoms with E-state index in [4.69, 9.17) is 0 Å². The van der Waals surface area contributed by atoms with Crippen LogP contribution in [0.1, 0.15) is 57.4 Å². The first-order valence-electron chi connectivity index (χ1n) is 8.14. The molecule has 0 spiro atoms. The van der Waals surface area contributed by atoms with Gasteiger partial charge in [-0.25, -0.2) is 0 Å². The van der Waals surface area contributed by atoms with Crippen molar-refractivity contribution in [2.24, 2.45) is 5.92 Å². The molecule has 2 fully saturated rings. The quantitative estimate of drug-likeness (QED) is 0.733. The fraction of sp³-hybridized carbons (Fsp3) is 0.667. The highest BCUT2D eigenvalue weighted by atomic mass is 14.9. The number of benzene rings is 1. The van der Waals surface area contributed by atoms with Crippen molar-refractivity contribution in [2.75, 3.05) is 6.54 Å². The fourth-order valence-electron chi connectivity index (χ4n) is 3.44. The smallest absolute Gasteiger partial charge is 0.0164 e. The van der Waals surface area contributed by atoms with Crippen LogP contribution < -0.4 is 5.32 Å². The predicted molar refractivity (Wildman–Crippen MR) is 81.4 cm³/mol. The Morgan fingerprint density at radius 3 is 2.53 bits per heavy atom. The molecule has 1 atom stereocenters. The molecule has 3 rings (SSSR count). The largest absolute Gasteiger partial charge is 0.313 e. The molecule has 1 aromatic rings. The molecular formula is C18H27N.